The maximum absolute atomic E-state index is 5.38. The Bertz CT molecular complexity index is 518. The Hall–Kier alpha value is -2.07. The summed E-state index contributed by atoms with van der Waals surface area (Å²) in [5.74, 6) is 0.667. The van der Waals surface area contributed by atoms with Gasteiger partial charge < -0.3 is 14.0 Å². The molecule has 1 heterocycles. The minimum Gasteiger partial charge on any atom is -0.463 e. The van der Waals surface area contributed by atoms with Crippen LogP contribution in [0.2, 0.25) is 0 Å². The second-order valence-electron chi connectivity index (χ2n) is 3.69. The molecule has 0 spiro atoms. The summed E-state index contributed by atoms with van der Waals surface area (Å²) in [6.07, 6.45) is 1.61. The zero-order chi connectivity index (χ0) is 12.8. The highest BCUT2D eigenvalue weighted by molar-refractivity contribution is 6.11. The molecule has 2 aromatic rings. The van der Waals surface area contributed by atoms with Crippen molar-refractivity contribution in [2.45, 2.75) is 6.61 Å². The first-order valence-electron chi connectivity index (χ1n) is 5.59. The Morgan fingerprint density at radius 3 is 2.67 bits per heavy atom. The van der Waals surface area contributed by atoms with Crippen molar-refractivity contribution < 1.29 is 14.0 Å². The van der Waals surface area contributed by atoms with Crippen molar-refractivity contribution in [2.24, 2.45) is 5.16 Å². The molecule has 1 aromatic heterocycles. The fraction of sp³-hybridized carbons (Fsp3) is 0.214. The van der Waals surface area contributed by atoms with Gasteiger partial charge >= 0.3 is 0 Å². The smallest absolute Gasteiger partial charge is 0.156 e. The third-order valence-electron chi connectivity index (χ3n) is 2.51. The van der Waals surface area contributed by atoms with Crippen LogP contribution in [0.1, 0.15) is 16.9 Å². The number of hydrogen-bond acceptors (Lipinski definition) is 4. The van der Waals surface area contributed by atoms with Crippen LogP contribution in [0.3, 0.4) is 0 Å². The lowest BCUT2D eigenvalue weighted by atomic mass is 10.0. The van der Waals surface area contributed by atoms with Crippen molar-refractivity contribution in [1.29, 1.82) is 0 Å². The first kappa shape index (κ1) is 12.4. The van der Waals surface area contributed by atoms with Gasteiger partial charge in [0.1, 0.15) is 7.11 Å². The first-order chi connectivity index (χ1) is 8.86. The SMILES string of the molecule is COCc1ccccc1C(=NOC)c1ccco1. The van der Waals surface area contributed by atoms with E-state index in [1.165, 1.54) is 7.11 Å². The standard InChI is InChI=1S/C14H15NO3/c1-16-10-11-6-3-4-7-12(11)14(15-17-2)13-8-5-9-18-13/h3-9H,10H2,1-2H3. The Labute approximate surface area is 106 Å². The average molecular weight is 245 g/mol. The number of nitrogens with zero attached hydrogens (tertiary/aromatic N) is 1. The van der Waals surface area contributed by atoms with Crippen molar-refractivity contribution >= 4 is 5.71 Å². The Morgan fingerprint density at radius 2 is 2.00 bits per heavy atom. The summed E-state index contributed by atoms with van der Waals surface area (Å²) in [6, 6.07) is 11.5. The third-order valence-corrected chi connectivity index (χ3v) is 2.51. The molecule has 0 N–H and O–H groups in total. The highest BCUT2D eigenvalue weighted by atomic mass is 16.6. The Kier molecular flexibility index (Phi) is 4.15. The molecular formula is C14H15NO3. The van der Waals surface area contributed by atoms with Crippen LogP contribution in [0.5, 0.6) is 0 Å². The number of rotatable bonds is 5. The monoisotopic (exact) mass is 245 g/mol. The molecule has 0 aliphatic heterocycles. The van der Waals surface area contributed by atoms with E-state index in [0.29, 0.717) is 18.1 Å². The molecule has 1 aromatic carbocycles. The number of ether oxygens (including phenoxy) is 1. The van der Waals surface area contributed by atoms with Crippen molar-refractivity contribution in [3.05, 3.63) is 59.5 Å². The predicted octanol–water partition coefficient (Wildman–Crippen LogP) is 2.82. The number of methoxy groups -OCH3 is 1. The van der Waals surface area contributed by atoms with E-state index in [1.807, 2.05) is 36.4 Å². The minimum absolute atomic E-state index is 0.514. The summed E-state index contributed by atoms with van der Waals surface area (Å²) >= 11 is 0. The number of hydrogen-bond donors (Lipinski definition) is 0. The fourth-order valence-corrected chi connectivity index (χ4v) is 1.76. The summed E-state index contributed by atoms with van der Waals surface area (Å²) in [6.45, 7) is 0.514. The van der Waals surface area contributed by atoms with Crippen LogP contribution >= 0.6 is 0 Å². The molecule has 94 valence electrons. The molecule has 18 heavy (non-hydrogen) atoms. The second kappa shape index (κ2) is 6.02. The van der Waals surface area contributed by atoms with Crippen LogP contribution in [0.25, 0.3) is 0 Å². The van der Waals surface area contributed by atoms with Gasteiger partial charge in [-0.25, -0.2) is 0 Å². The molecule has 0 aliphatic carbocycles. The maximum atomic E-state index is 5.38. The first-order valence-corrected chi connectivity index (χ1v) is 5.59. The van der Waals surface area contributed by atoms with Crippen molar-refractivity contribution in [3.8, 4) is 0 Å². The number of furan rings is 1. The fourth-order valence-electron chi connectivity index (χ4n) is 1.76. The van der Waals surface area contributed by atoms with Gasteiger partial charge in [-0.3, -0.25) is 0 Å². The molecule has 0 saturated carbocycles. The average Bonchev–Trinajstić information content (AvgIpc) is 2.91. The van der Waals surface area contributed by atoms with E-state index in [2.05, 4.69) is 5.16 Å². The summed E-state index contributed by atoms with van der Waals surface area (Å²) in [5.41, 5.74) is 2.64. The number of benzene rings is 1. The normalized spacial score (nSPS) is 11.6. The summed E-state index contributed by atoms with van der Waals surface area (Å²) in [5, 5.41) is 4.05. The molecule has 0 fully saturated rings. The van der Waals surface area contributed by atoms with E-state index in [4.69, 9.17) is 14.0 Å². The molecule has 0 radical (unpaired) electrons. The van der Waals surface area contributed by atoms with Crippen LogP contribution < -0.4 is 0 Å². The van der Waals surface area contributed by atoms with Gasteiger partial charge in [-0.2, -0.15) is 0 Å². The van der Waals surface area contributed by atoms with E-state index >= 15 is 0 Å². The second-order valence-corrected chi connectivity index (χ2v) is 3.69. The molecule has 0 unspecified atom stereocenters. The summed E-state index contributed by atoms with van der Waals surface area (Å²) < 4.78 is 10.6. The van der Waals surface area contributed by atoms with E-state index in [9.17, 15) is 0 Å². The van der Waals surface area contributed by atoms with Gasteiger partial charge in [-0.05, 0) is 17.7 Å². The van der Waals surface area contributed by atoms with Crippen LogP contribution in [-0.2, 0) is 16.2 Å². The summed E-state index contributed by atoms with van der Waals surface area (Å²) in [7, 11) is 3.18. The maximum Gasteiger partial charge on any atom is 0.156 e. The molecule has 0 atom stereocenters. The van der Waals surface area contributed by atoms with Crippen LogP contribution in [0.4, 0.5) is 0 Å². The molecule has 2 rings (SSSR count). The quantitative estimate of drug-likeness (QED) is 0.601. The summed E-state index contributed by atoms with van der Waals surface area (Å²) in [4.78, 5) is 4.90. The van der Waals surface area contributed by atoms with Crippen molar-refractivity contribution in [3.63, 3.8) is 0 Å². The van der Waals surface area contributed by atoms with Gasteiger partial charge in [0.05, 0.1) is 12.9 Å². The largest absolute Gasteiger partial charge is 0.463 e. The van der Waals surface area contributed by atoms with Gasteiger partial charge in [0.15, 0.2) is 11.5 Å². The predicted molar refractivity (Wildman–Crippen MR) is 68.5 cm³/mol. The van der Waals surface area contributed by atoms with E-state index in [1.54, 1.807) is 13.4 Å². The van der Waals surface area contributed by atoms with Gasteiger partial charge in [0.25, 0.3) is 0 Å². The number of oxime groups is 1. The Morgan fingerprint density at radius 1 is 1.17 bits per heavy atom. The lowest BCUT2D eigenvalue weighted by molar-refractivity contribution is 0.184. The molecule has 4 nitrogen and oxygen atoms in total. The topological polar surface area (TPSA) is 44.0 Å². The minimum atomic E-state index is 0.514. The lowest BCUT2D eigenvalue weighted by Crippen LogP contribution is -2.07. The van der Waals surface area contributed by atoms with Crippen molar-refractivity contribution in [1.82, 2.24) is 0 Å². The lowest BCUT2D eigenvalue weighted by Gasteiger charge is -2.09. The van der Waals surface area contributed by atoms with E-state index in [0.717, 1.165) is 11.1 Å². The molecule has 0 aliphatic rings. The highest BCUT2D eigenvalue weighted by Gasteiger charge is 2.14. The van der Waals surface area contributed by atoms with Crippen LogP contribution in [0.15, 0.2) is 52.2 Å². The highest BCUT2D eigenvalue weighted by Crippen LogP contribution is 2.17. The van der Waals surface area contributed by atoms with Gasteiger partial charge in [0.2, 0.25) is 0 Å². The molecule has 0 amide bonds. The van der Waals surface area contributed by atoms with E-state index in [-0.39, 0.29) is 0 Å². The van der Waals surface area contributed by atoms with Gasteiger partial charge in [-0.1, -0.05) is 29.4 Å². The zero-order valence-corrected chi connectivity index (χ0v) is 10.4. The molecule has 0 saturated heterocycles. The van der Waals surface area contributed by atoms with Gasteiger partial charge in [-0.15, -0.1) is 0 Å². The zero-order valence-electron chi connectivity index (χ0n) is 10.4. The molecular weight excluding hydrogens is 230 g/mol. The van der Waals surface area contributed by atoms with Gasteiger partial charge in [0, 0.05) is 12.7 Å². The van der Waals surface area contributed by atoms with Crippen molar-refractivity contribution in [2.75, 3.05) is 14.2 Å². The Balaban J connectivity index is 2.47. The van der Waals surface area contributed by atoms with E-state index < -0.39 is 0 Å². The third kappa shape index (κ3) is 2.60. The molecule has 4 heteroatoms. The van der Waals surface area contributed by atoms with Crippen LogP contribution in [0, 0.1) is 0 Å². The van der Waals surface area contributed by atoms with Crippen LogP contribution in [-0.4, -0.2) is 19.9 Å². The molecule has 0 bridgehead atoms.